The number of aromatic nitrogens is 1. The van der Waals surface area contributed by atoms with Crippen molar-refractivity contribution >= 4 is 51.4 Å². The average Bonchev–Trinajstić information content (AvgIpc) is 2.67. The summed E-state index contributed by atoms with van der Waals surface area (Å²) >= 11 is 5.79. The van der Waals surface area contributed by atoms with Crippen LogP contribution in [0.3, 0.4) is 0 Å². The van der Waals surface area contributed by atoms with Gasteiger partial charge in [0.2, 0.25) is 0 Å². The highest BCUT2D eigenvalue weighted by molar-refractivity contribution is 14.0. The van der Waals surface area contributed by atoms with Crippen molar-refractivity contribution in [1.29, 1.82) is 0 Å². The molecule has 0 unspecified atom stereocenters. The van der Waals surface area contributed by atoms with E-state index in [0.717, 1.165) is 24.1 Å². The van der Waals surface area contributed by atoms with E-state index >= 15 is 0 Å². The predicted octanol–water partition coefficient (Wildman–Crippen LogP) is 3.46. The number of nitrogens with one attached hydrogen (secondary N) is 2. The molecule has 0 bridgehead atoms. The molecular formula is C20H28ClIN4O2S. The Morgan fingerprint density at radius 1 is 1.10 bits per heavy atom. The Morgan fingerprint density at radius 2 is 1.86 bits per heavy atom. The van der Waals surface area contributed by atoms with Crippen LogP contribution in [0.5, 0.6) is 0 Å². The van der Waals surface area contributed by atoms with Gasteiger partial charge in [0, 0.05) is 25.8 Å². The van der Waals surface area contributed by atoms with Gasteiger partial charge in [-0.2, -0.15) is 0 Å². The van der Waals surface area contributed by atoms with Crippen LogP contribution in [0.1, 0.15) is 24.5 Å². The minimum absolute atomic E-state index is 0. The third kappa shape index (κ3) is 10.8. The molecule has 160 valence electrons. The summed E-state index contributed by atoms with van der Waals surface area (Å²) in [5.41, 5.74) is 1.90. The lowest BCUT2D eigenvalue weighted by molar-refractivity contribution is 0.592. The van der Waals surface area contributed by atoms with E-state index in [4.69, 9.17) is 11.6 Å². The smallest absolute Gasteiger partial charge is 0.191 e. The maximum absolute atomic E-state index is 12.2. The summed E-state index contributed by atoms with van der Waals surface area (Å²) in [6.07, 6.45) is 3.04. The van der Waals surface area contributed by atoms with Gasteiger partial charge in [0.15, 0.2) is 15.8 Å². The fraction of sp³-hybridized carbons (Fsp3) is 0.400. The van der Waals surface area contributed by atoms with E-state index < -0.39 is 9.84 Å². The molecule has 0 aliphatic carbocycles. The van der Waals surface area contributed by atoms with Crippen LogP contribution < -0.4 is 10.6 Å². The van der Waals surface area contributed by atoms with Crippen molar-refractivity contribution in [3.8, 4) is 0 Å². The van der Waals surface area contributed by atoms with E-state index in [1.54, 1.807) is 12.3 Å². The Labute approximate surface area is 195 Å². The average molecular weight is 551 g/mol. The van der Waals surface area contributed by atoms with Crippen LogP contribution in [0.2, 0.25) is 5.15 Å². The van der Waals surface area contributed by atoms with Gasteiger partial charge in [0.05, 0.1) is 11.5 Å². The minimum atomic E-state index is -3.13. The van der Waals surface area contributed by atoms with Crippen molar-refractivity contribution in [2.45, 2.75) is 25.5 Å². The molecule has 0 spiro atoms. The van der Waals surface area contributed by atoms with Crippen LogP contribution in [-0.2, 0) is 22.0 Å². The molecule has 0 atom stereocenters. The first kappa shape index (κ1) is 25.6. The first-order valence-electron chi connectivity index (χ1n) is 9.35. The predicted molar refractivity (Wildman–Crippen MR) is 131 cm³/mol. The lowest BCUT2D eigenvalue weighted by Crippen LogP contribution is -2.38. The summed E-state index contributed by atoms with van der Waals surface area (Å²) in [7, 11) is -3.13. The zero-order valence-corrected chi connectivity index (χ0v) is 20.4. The van der Waals surface area contributed by atoms with Crippen LogP contribution >= 0.6 is 35.6 Å². The number of hydrogen-bond acceptors (Lipinski definition) is 4. The quantitative estimate of drug-likeness (QED) is 0.156. The summed E-state index contributed by atoms with van der Waals surface area (Å²) < 4.78 is 24.5. The number of pyridine rings is 1. The molecule has 0 saturated heterocycles. The van der Waals surface area contributed by atoms with Gasteiger partial charge >= 0.3 is 0 Å². The molecule has 1 heterocycles. The molecule has 1 aromatic carbocycles. The molecule has 0 fully saturated rings. The summed E-state index contributed by atoms with van der Waals surface area (Å²) in [4.78, 5) is 8.52. The van der Waals surface area contributed by atoms with E-state index in [9.17, 15) is 8.42 Å². The molecule has 0 aliphatic rings. The molecule has 0 aliphatic heterocycles. The topological polar surface area (TPSA) is 83.5 Å². The van der Waals surface area contributed by atoms with Gasteiger partial charge in [0.1, 0.15) is 5.15 Å². The normalized spacial score (nSPS) is 11.6. The van der Waals surface area contributed by atoms with Gasteiger partial charge in [-0.25, -0.2) is 13.4 Å². The van der Waals surface area contributed by atoms with Gasteiger partial charge in [0.25, 0.3) is 0 Å². The van der Waals surface area contributed by atoms with Crippen LogP contribution in [-0.4, -0.2) is 44.7 Å². The van der Waals surface area contributed by atoms with E-state index in [2.05, 4.69) is 20.6 Å². The molecule has 2 N–H and O–H groups in total. The van der Waals surface area contributed by atoms with Crippen molar-refractivity contribution in [1.82, 2.24) is 15.6 Å². The van der Waals surface area contributed by atoms with Crippen molar-refractivity contribution in [2.75, 3.05) is 25.4 Å². The zero-order valence-electron chi connectivity index (χ0n) is 16.5. The minimum Gasteiger partial charge on any atom is -0.357 e. The van der Waals surface area contributed by atoms with E-state index in [1.807, 2.05) is 43.3 Å². The number of aliphatic imine (C=N–C) groups is 1. The second-order valence-corrected chi connectivity index (χ2v) is 8.93. The summed E-state index contributed by atoms with van der Waals surface area (Å²) in [5.74, 6) is 0.886. The first-order valence-corrected chi connectivity index (χ1v) is 11.6. The molecule has 2 aromatic rings. The highest BCUT2D eigenvalue weighted by atomic mass is 127. The number of nitrogens with zero attached hydrogens (tertiary/aromatic N) is 2. The molecular weight excluding hydrogens is 523 g/mol. The second-order valence-electron chi connectivity index (χ2n) is 6.36. The largest absolute Gasteiger partial charge is 0.357 e. The van der Waals surface area contributed by atoms with E-state index in [0.29, 0.717) is 30.6 Å². The van der Waals surface area contributed by atoms with Crippen molar-refractivity contribution in [3.63, 3.8) is 0 Å². The number of sulfone groups is 1. The Balaban J connectivity index is 0.00000420. The van der Waals surface area contributed by atoms with Crippen molar-refractivity contribution < 1.29 is 8.42 Å². The van der Waals surface area contributed by atoms with E-state index in [-0.39, 0.29) is 35.5 Å². The lowest BCUT2D eigenvalue weighted by atomic mass is 10.2. The summed E-state index contributed by atoms with van der Waals surface area (Å²) in [5, 5.41) is 6.90. The summed E-state index contributed by atoms with van der Waals surface area (Å²) in [6, 6.07) is 13.0. The van der Waals surface area contributed by atoms with Crippen LogP contribution in [0.25, 0.3) is 0 Å². The van der Waals surface area contributed by atoms with Gasteiger partial charge in [-0.3, -0.25) is 4.99 Å². The standard InChI is InChI=1S/C20H27ClN4O2S.HI/c1-2-22-20(24-13-11-17-9-10-19(21)25-15-17)23-12-6-14-28(26,27)16-18-7-4-3-5-8-18;/h3-5,7-10,15H,2,6,11-14,16H2,1H3,(H2,22,23,24);1H. The number of benzene rings is 1. The highest BCUT2D eigenvalue weighted by Crippen LogP contribution is 2.07. The third-order valence-electron chi connectivity index (χ3n) is 3.95. The zero-order chi connectivity index (χ0) is 20.2. The lowest BCUT2D eigenvalue weighted by Gasteiger charge is -2.11. The molecule has 1 aromatic heterocycles. The third-order valence-corrected chi connectivity index (χ3v) is 5.86. The number of halogens is 2. The van der Waals surface area contributed by atoms with Crippen LogP contribution in [0.4, 0.5) is 0 Å². The molecule has 0 saturated carbocycles. The molecule has 0 amide bonds. The maximum atomic E-state index is 12.2. The van der Waals surface area contributed by atoms with Gasteiger partial charge in [-0.1, -0.05) is 48.0 Å². The van der Waals surface area contributed by atoms with Crippen LogP contribution in [0, 0.1) is 0 Å². The fourth-order valence-corrected chi connectivity index (χ4v) is 4.12. The Bertz CT molecular complexity index is 847. The Hall–Kier alpha value is -1.39. The second kappa shape index (κ2) is 13.8. The number of rotatable bonds is 10. The monoisotopic (exact) mass is 550 g/mol. The van der Waals surface area contributed by atoms with E-state index in [1.165, 1.54) is 0 Å². The first-order chi connectivity index (χ1) is 13.5. The van der Waals surface area contributed by atoms with Crippen molar-refractivity contribution in [3.05, 3.63) is 64.9 Å². The molecule has 6 nitrogen and oxygen atoms in total. The molecule has 2 rings (SSSR count). The Kier molecular flexibility index (Phi) is 12.2. The van der Waals surface area contributed by atoms with Gasteiger partial charge in [-0.05, 0) is 37.0 Å². The SMILES string of the molecule is CCNC(=NCCCS(=O)(=O)Cc1ccccc1)NCCc1ccc(Cl)nc1.I. The highest BCUT2D eigenvalue weighted by Gasteiger charge is 2.11. The molecule has 0 radical (unpaired) electrons. The number of hydrogen-bond donors (Lipinski definition) is 2. The van der Waals surface area contributed by atoms with Crippen LogP contribution in [0.15, 0.2) is 53.7 Å². The fourth-order valence-electron chi connectivity index (χ4n) is 2.60. The van der Waals surface area contributed by atoms with Gasteiger partial charge < -0.3 is 10.6 Å². The molecule has 9 heteroatoms. The molecule has 29 heavy (non-hydrogen) atoms. The maximum Gasteiger partial charge on any atom is 0.191 e. The Morgan fingerprint density at radius 3 is 2.52 bits per heavy atom. The summed E-state index contributed by atoms with van der Waals surface area (Å²) in [6.45, 7) is 3.87. The van der Waals surface area contributed by atoms with Crippen molar-refractivity contribution in [2.24, 2.45) is 4.99 Å². The van der Waals surface area contributed by atoms with Gasteiger partial charge in [-0.15, -0.1) is 24.0 Å². The number of guanidine groups is 1.